The lowest BCUT2D eigenvalue weighted by Gasteiger charge is -2.10. The highest BCUT2D eigenvalue weighted by atomic mass is 79.9. The van der Waals surface area contributed by atoms with Crippen LogP contribution >= 0.6 is 15.9 Å². The molecule has 0 amide bonds. The van der Waals surface area contributed by atoms with E-state index in [1.807, 2.05) is 18.2 Å². The summed E-state index contributed by atoms with van der Waals surface area (Å²) in [6, 6.07) is 21.0. The number of nitro groups is 1. The molecule has 0 spiro atoms. The topological polar surface area (TPSA) is 97.8 Å². The number of hydrogen-bond donors (Lipinski definition) is 0. The van der Waals surface area contributed by atoms with Crippen molar-refractivity contribution in [1.29, 1.82) is 5.26 Å². The van der Waals surface area contributed by atoms with Crippen LogP contribution < -0.4 is 4.74 Å². The van der Waals surface area contributed by atoms with E-state index in [4.69, 9.17) is 14.8 Å². The van der Waals surface area contributed by atoms with Crippen LogP contribution in [0.2, 0.25) is 0 Å². The molecule has 0 aliphatic rings. The number of halogens is 1. The molecule has 0 fully saturated rings. The predicted molar refractivity (Wildman–Crippen MR) is 115 cm³/mol. The van der Waals surface area contributed by atoms with Gasteiger partial charge >= 0.3 is 0 Å². The maximum Gasteiger partial charge on any atom is 0.269 e. The van der Waals surface area contributed by atoms with E-state index < -0.39 is 4.92 Å². The highest BCUT2D eigenvalue weighted by Crippen LogP contribution is 2.24. The summed E-state index contributed by atoms with van der Waals surface area (Å²) in [5.41, 5.74) is 2.65. The van der Waals surface area contributed by atoms with Crippen LogP contribution in [0.15, 0.2) is 76.4 Å². The van der Waals surface area contributed by atoms with Gasteiger partial charge in [0.15, 0.2) is 0 Å². The lowest BCUT2D eigenvalue weighted by molar-refractivity contribution is -0.384. The molecule has 0 aliphatic heterocycles. The predicted octanol–water partition coefficient (Wildman–Crippen LogP) is 5.36. The molecule has 0 atom stereocenters. The average molecular weight is 466 g/mol. The van der Waals surface area contributed by atoms with Crippen molar-refractivity contribution in [2.24, 2.45) is 5.16 Å². The standard InChI is InChI=1S/C22H16BrN3O4/c23-20-8-9-22(29-14-16-4-3-7-21(10-16)26(27)28)19(11-20)13-25-30-15-18-6-2-1-5-17(18)12-24/h1-11,13H,14-15H2/b25-13-. The second-order valence-electron chi connectivity index (χ2n) is 6.17. The second kappa shape index (κ2) is 10.2. The molecule has 0 saturated carbocycles. The Kier molecular flexibility index (Phi) is 7.14. The lowest BCUT2D eigenvalue weighted by Crippen LogP contribution is -2.00. The zero-order chi connectivity index (χ0) is 21.3. The Morgan fingerprint density at radius 2 is 1.93 bits per heavy atom. The van der Waals surface area contributed by atoms with Crippen LogP contribution in [-0.4, -0.2) is 11.1 Å². The third-order valence-corrected chi connectivity index (χ3v) is 4.61. The minimum absolute atomic E-state index is 0.0137. The molecule has 0 aromatic heterocycles. The fraction of sp³-hybridized carbons (Fsp3) is 0.0909. The Hall–Kier alpha value is -3.70. The normalized spacial score (nSPS) is 10.5. The highest BCUT2D eigenvalue weighted by molar-refractivity contribution is 9.10. The molecule has 30 heavy (non-hydrogen) atoms. The average Bonchev–Trinajstić information content (AvgIpc) is 2.76. The van der Waals surface area contributed by atoms with E-state index in [-0.39, 0.29) is 18.9 Å². The molecule has 0 N–H and O–H groups in total. The van der Waals surface area contributed by atoms with Gasteiger partial charge in [-0.05, 0) is 29.8 Å². The van der Waals surface area contributed by atoms with E-state index >= 15 is 0 Å². The quantitative estimate of drug-likeness (QED) is 0.253. The van der Waals surface area contributed by atoms with Crippen LogP contribution in [0.1, 0.15) is 22.3 Å². The van der Waals surface area contributed by atoms with Crippen molar-refractivity contribution in [3.8, 4) is 11.8 Å². The van der Waals surface area contributed by atoms with Crippen molar-refractivity contribution < 1.29 is 14.5 Å². The number of nitrogens with zero attached hydrogens (tertiary/aromatic N) is 3. The molecule has 3 aromatic carbocycles. The SMILES string of the molecule is N#Cc1ccccc1CO/N=C\c1cc(Br)ccc1OCc1cccc([N+](=O)[O-])c1. The molecule has 0 unspecified atom stereocenters. The van der Waals surface area contributed by atoms with E-state index in [0.717, 1.165) is 10.0 Å². The fourth-order valence-electron chi connectivity index (χ4n) is 2.63. The number of benzene rings is 3. The van der Waals surface area contributed by atoms with Crippen LogP contribution in [-0.2, 0) is 18.1 Å². The molecule has 0 aliphatic carbocycles. The summed E-state index contributed by atoms with van der Waals surface area (Å²) in [4.78, 5) is 15.8. The molecule has 8 heteroatoms. The summed E-state index contributed by atoms with van der Waals surface area (Å²) < 4.78 is 6.67. The van der Waals surface area contributed by atoms with Gasteiger partial charge in [-0.2, -0.15) is 5.26 Å². The molecule has 7 nitrogen and oxygen atoms in total. The van der Waals surface area contributed by atoms with Gasteiger partial charge in [-0.1, -0.05) is 51.4 Å². The minimum atomic E-state index is -0.441. The third kappa shape index (κ3) is 5.65. The van der Waals surface area contributed by atoms with Gasteiger partial charge < -0.3 is 9.57 Å². The van der Waals surface area contributed by atoms with E-state index in [9.17, 15) is 10.1 Å². The van der Waals surface area contributed by atoms with Crippen LogP contribution in [0.25, 0.3) is 0 Å². The largest absolute Gasteiger partial charge is 0.488 e. The third-order valence-electron chi connectivity index (χ3n) is 4.11. The summed E-state index contributed by atoms with van der Waals surface area (Å²) in [6.45, 7) is 0.332. The Bertz CT molecular complexity index is 1130. The molecule has 0 bridgehead atoms. The van der Waals surface area contributed by atoms with Gasteiger partial charge in [0.05, 0.1) is 22.8 Å². The first-order valence-corrected chi connectivity index (χ1v) is 9.65. The number of nitriles is 1. The molecule has 3 aromatic rings. The molecule has 0 heterocycles. The molecular weight excluding hydrogens is 450 g/mol. The van der Waals surface area contributed by atoms with Crippen molar-refractivity contribution in [1.82, 2.24) is 0 Å². The molecule has 150 valence electrons. The van der Waals surface area contributed by atoms with Gasteiger partial charge in [-0.25, -0.2) is 0 Å². The number of ether oxygens (including phenoxy) is 1. The Morgan fingerprint density at radius 1 is 1.10 bits per heavy atom. The first kappa shape index (κ1) is 21.0. The lowest BCUT2D eigenvalue weighted by atomic mass is 10.1. The number of non-ortho nitro benzene ring substituents is 1. The number of nitro benzene ring substituents is 1. The number of hydrogen-bond acceptors (Lipinski definition) is 6. The summed E-state index contributed by atoms with van der Waals surface area (Å²) >= 11 is 3.41. The number of oxime groups is 1. The molecule has 0 saturated heterocycles. The van der Waals surface area contributed by atoms with Crippen LogP contribution in [0.3, 0.4) is 0 Å². The zero-order valence-corrected chi connectivity index (χ0v) is 17.3. The van der Waals surface area contributed by atoms with Crippen molar-refractivity contribution in [3.63, 3.8) is 0 Å². The van der Waals surface area contributed by atoms with Crippen molar-refractivity contribution in [2.75, 3.05) is 0 Å². The monoisotopic (exact) mass is 465 g/mol. The van der Waals surface area contributed by atoms with Gasteiger partial charge in [-0.3, -0.25) is 10.1 Å². The Labute approximate surface area is 181 Å². The molecular formula is C22H16BrN3O4. The summed E-state index contributed by atoms with van der Waals surface area (Å²) in [5, 5.41) is 24.0. The van der Waals surface area contributed by atoms with Crippen molar-refractivity contribution in [3.05, 3.63) is 104 Å². The van der Waals surface area contributed by atoms with Gasteiger partial charge in [0.25, 0.3) is 5.69 Å². The van der Waals surface area contributed by atoms with Crippen LogP contribution in [0, 0.1) is 21.4 Å². The highest BCUT2D eigenvalue weighted by Gasteiger charge is 2.08. The van der Waals surface area contributed by atoms with E-state index in [2.05, 4.69) is 27.2 Å². The molecule has 3 rings (SSSR count). The molecule has 0 radical (unpaired) electrons. The first-order valence-electron chi connectivity index (χ1n) is 8.86. The van der Waals surface area contributed by atoms with Crippen molar-refractivity contribution >= 4 is 27.8 Å². The van der Waals surface area contributed by atoms with E-state index in [1.165, 1.54) is 18.3 Å². The van der Waals surface area contributed by atoms with Gasteiger partial charge in [0.2, 0.25) is 0 Å². The fourth-order valence-corrected chi connectivity index (χ4v) is 3.01. The van der Waals surface area contributed by atoms with Crippen LogP contribution in [0.5, 0.6) is 5.75 Å². The van der Waals surface area contributed by atoms with Crippen molar-refractivity contribution in [2.45, 2.75) is 13.2 Å². The Balaban J connectivity index is 1.67. The zero-order valence-electron chi connectivity index (χ0n) is 15.7. The maximum atomic E-state index is 10.9. The maximum absolute atomic E-state index is 10.9. The first-order chi connectivity index (χ1) is 14.6. The van der Waals surface area contributed by atoms with Gasteiger partial charge in [0.1, 0.15) is 19.0 Å². The summed E-state index contributed by atoms with van der Waals surface area (Å²) in [5.74, 6) is 0.550. The smallest absolute Gasteiger partial charge is 0.269 e. The number of rotatable bonds is 8. The summed E-state index contributed by atoms with van der Waals surface area (Å²) in [7, 11) is 0. The van der Waals surface area contributed by atoms with Crippen LogP contribution in [0.4, 0.5) is 5.69 Å². The van der Waals surface area contributed by atoms with Gasteiger partial charge in [-0.15, -0.1) is 0 Å². The van der Waals surface area contributed by atoms with Gasteiger partial charge in [0, 0.05) is 27.7 Å². The van der Waals surface area contributed by atoms with E-state index in [0.29, 0.717) is 22.4 Å². The minimum Gasteiger partial charge on any atom is -0.488 e. The summed E-state index contributed by atoms with van der Waals surface area (Å²) in [6.07, 6.45) is 1.52. The Morgan fingerprint density at radius 3 is 2.73 bits per heavy atom. The second-order valence-corrected chi connectivity index (χ2v) is 7.09. The van der Waals surface area contributed by atoms with E-state index in [1.54, 1.807) is 36.4 Å².